The van der Waals surface area contributed by atoms with Gasteiger partial charge in [0.2, 0.25) is 0 Å². The summed E-state index contributed by atoms with van der Waals surface area (Å²) in [7, 11) is 4.54. The second-order valence-electron chi connectivity index (χ2n) is 5.64. The maximum Gasteiger partial charge on any atom is 0.338 e. The third kappa shape index (κ3) is 3.13. The fourth-order valence-corrected chi connectivity index (χ4v) is 2.76. The second-order valence-corrected chi connectivity index (χ2v) is 5.64. The first-order chi connectivity index (χ1) is 12.1. The molecule has 0 spiro atoms. The molecule has 3 aromatic rings. The summed E-state index contributed by atoms with van der Waals surface area (Å²) in [5.74, 6) is 0.848. The molecule has 1 aromatic heterocycles. The molecule has 0 fully saturated rings. The molecule has 0 saturated carbocycles. The maximum atomic E-state index is 12.3. The van der Waals surface area contributed by atoms with E-state index in [2.05, 4.69) is 0 Å². The molecule has 0 radical (unpaired) electrons. The van der Waals surface area contributed by atoms with E-state index in [4.69, 9.17) is 19.2 Å². The van der Waals surface area contributed by atoms with Gasteiger partial charge in [0, 0.05) is 10.9 Å². The van der Waals surface area contributed by atoms with Gasteiger partial charge in [-0.25, -0.2) is 9.78 Å². The van der Waals surface area contributed by atoms with Crippen LogP contribution in [0.3, 0.4) is 0 Å². The summed E-state index contributed by atoms with van der Waals surface area (Å²) in [5.41, 5.74) is 3.76. The molecule has 0 aliphatic heterocycles. The Morgan fingerprint density at radius 2 is 1.68 bits per heavy atom. The van der Waals surface area contributed by atoms with Gasteiger partial charge >= 0.3 is 5.97 Å². The first-order valence-electron chi connectivity index (χ1n) is 7.79. The van der Waals surface area contributed by atoms with E-state index in [1.165, 1.54) is 7.11 Å². The molecule has 0 aliphatic carbocycles. The molecule has 0 bridgehead atoms. The van der Waals surface area contributed by atoms with Crippen molar-refractivity contribution in [2.75, 3.05) is 21.3 Å². The van der Waals surface area contributed by atoms with E-state index >= 15 is 0 Å². The Hall–Kier alpha value is -3.08. The number of fused-ring (bicyclic) bond motifs is 1. The molecule has 2 aromatic carbocycles. The Balaban J connectivity index is 2.23. The predicted molar refractivity (Wildman–Crippen MR) is 96.4 cm³/mol. The highest BCUT2D eigenvalue weighted by Gasteiger charge is 2.15. The minimum Gasteiger partial charge on any atom is -0.493 e. The molecule has 3 rings (SSSR count). The van der Waals surface area contributed by atoms with Crippen LogP contribution in [0.1, 0.15) is 15.9 Å². The highest BCUT2D eigenvalue weighted by molar-refractivity contribution is 6.04. The number of aryl methyl sites for hydroxylation is 1. The van der Waals surface area contributed by atoms with Crippen molar-refractivity contribution in [3.63, 3.8) is 0 Å². The number of esters is 1. The number of hydrogen-bond acceptors (Lipinski definition) is 5. The lowest BCUT2D eigenvalue weighted by atomic mass is 10.0. The Labute approximate surface area is 146 Å². The van der Waals surface area contributed by atoms with Crippen molar-refractivity contribution in [1.29, 1.82) is 0 Å². The number of rotatable bonds is 4. The monoisotopic (exact) mass is 337 g/mol. The number of carbonyl (C=O) groups is 1. The van der Waals surface area contributed by atoms with E-state index < -0.39 is 0 Å². The molecule has 0 saturated heterocycles. The van der Waals surface area contributed by atoms with Crippen molar-refractivity contribution in [3.05, 3.63) is 53.6 Å². The van der Waals surface area contributed by atoms with Crippen LogP contribution >= 0.6 is 0 Å². The third-order valence-corrected chi connectivity index (χ3v) is 4.05. The van der Waals surface area contributed by atoms with Crippen LogP contribution in [0.2, 0.25) is 0 Å². The zero-order valence-electron chi connectivity index (χ0n) is 14.6. The Morgan fingerprint density at radius 3 is 2.36 bits per heavy atom. The van der Waals surface area contributed by atoms with Crippen molar-refractivity contribution in [1.82, 2.24) is 4.98 Å². The minimum absolute atomic E-state index is 0.389. The first-order valence-corrected chi connectivity index (χ1v) is 7.79. The van der Waals surface area contributed by atoms with Gasteiger partial charge in [-0.3, -0.25) is 0 Å². The van der Waals surface area contributed by atoms with Crippen LogP contribution in [0.4, 0.5) is 0 Å². The topological polar surface area (TPSA) is 57.7 Å². The fraction of sp³-hybridized carbons (Fsp3) is 0.200. The van der Waals surface area contributed by atoms with E-state index in [-0.39, 0.29) is 5.97 Å². The van der Waals surface area contributed by atoms with Gasteiger partial charge in [-0.05, 0) is 43.3 Å². The highest BCUT2D eigenvalue weighted by Crippen LogP contribution is 2.33. The summed E-state index contributed by atoms with van der Waals surface area (Å²) in [4.78, 5) is 16.9. The molecule has 0 amide bonds. The standard InChI is InChI=1S/C20H19NO4/c1-12-5-7-16-14(9-12)15(20(22)25-4)11-17(21-16)13-6-8-18(23-2)19(10-13)24-3/h5-11H,1-4H3. The summed E-state index contributed by atoms with van der Waals surface area (Å²) in [6, 6.07) is 13.1. The minimum atomic E-state index is -0.389. The van der Waals surface area contributed by atoms with Gasteiger partial charge in [0.1, 0.15) is 0 Å². The second kappa shape index (κ2) is 6.81. The van der Waals surface area contributed by atoms with Gasteiger partial charge in [0.05, 0.1) is 38.1 Å². The number of methoxy groups -OCH3 is 3. The van der Waals surface area contributed by atoms with E-state index in [0.717, 1.165) is 22.0 Å². The van der Waals surface area contributed by atoms with Crippen molar-refractivity contribution >= 4 is 16.9 Å². The van der Waals surface area contributed by atoms with Crippen LogP contribution in [0.15, 0.2) is 42.5 Å². The van der Waals surface area contributed by atoms with Crippen molar-refractivity contribution < 1.29 is 19.0 Å². The van der Waals surface area contributed by atoms with Gasteiger partial charge in [0.25, 0.3) is 0 Å². The molecule has 25 heavy (non-hydrogen) atoms. The van der Waals surface area contributed by atoms with E-state index in [1.54, 1.807) is 20.3 Å². The van der Waals surface area contributed by atoms with E-state index in [1.807, 2.05) is 43.3 Å². The van der Waals surface area contributed by atoms with Gasteiger partial charge in [0.15, 0.2) is 11.5 Å². The number of benzene rings is 2. The van der Waals surface area contributed by atoms with Crippen molar-refractivity contribution in [2.45, 2.75) is 6.92 Å². The number of carbonyl (C=O) groups excluding carboxylic acids is 1. The lowest BCUT2D eigenvalue weighted by Gasteiger charge is -2.12. The number of pyridine rings is 1. The van der Waals surface area contributed by atoms with Crippen LogP contribution < -0.4 is 9.47 Å². The average Bonchev–Trinajstić information content (AvgIpc) is 2.65. The largest absolute Gasteiger partial charge is 0.493 e. The van der Waals surface area contributed by atoms with Crippen LogP contribution in [-0.2, 0) is 4.74 Å². The molecule has 0 aliphatic rings. The number of ether oxygens (including phenoxy) is 3. The molecular weight excluding hydrogens is 318 g/mol. The van der Waals surface area contributed by atoms with E-state index in [9.17, 15) is 4.79 Å². The summed E-state index contributed by atoms with van der Waals surface area (Å²) >= 11 is 0. The normalized spacial score (nSPS) is 10.6. The average molecular weight is 337 g/mol. The van der Waals surface area contributed by atoms with E-state index in [0.29, 0.717) is 22.8 Å². The Bertz CT molecular complexity index is 950. The van der Waals surface area contributed by atoms with Crippen LogP contribution in [0.5, 0.6) is 11.5 Å². The van der Waals surface area contributed by atoms with Gasteiger partial charge < -0.3 is 14.2 Å². The smallest absolute Gasteiger partial charge is 0.338 e. The van der Waals surface area contributed by atoms with Crippen LogP contribution in [-0.4, -0.2) is 32.3 Å². The van der Waals surface area contributed by atoms with Gasteiger partial charge in [-0.15, -0.1) is 0 Å². The lowest BCUT2D eigenvalue weighted by molar-refractivity contribution is 0.0603. The molecule has 5 nitrogen and oxygen atoms in total. The van der Waals surface area contributed by atoms with Crippen LogP contribution in [0, 0.1) is 6.92 Å². The summed E-state index contributed by atoms with van der Waals surface area (Å²) < 4.78 is 15.6. The van der Waals surface area contributed by atoms with Crippen LogP contribution in [0.25, 0.3) is 22.2 Å². The van der Waals surface area contributed by atoms with Crippen molar-refractivity contribution in [2.24, 2.45) is 0 Å². The summed E-state index contributed by atoms with van der Waals surface area (Å²) in [6.45, 7) is 1.97. The molecule has 1 heterocycles. The lowest BCUT2D eigenvalue weighted by Crippen LogP contribution is -2.04. The highest BCUT2D eigenvalue weighted by atomic mass is 16.5. The van der Waals surface area contributed by atoms with Crippen molar-refractivity contribution in [3.8, 4) is 22.8 Å². The maximum absolute atomic E-state index is 12.3. The quantitative estimate of drug-likeness (QED) is 0.673. The first kappa shape index (κ1) is 16.8. The number of aromatic nitrogens is 1. The van der Waals surface area contributed by atoms with Gasteiger partial charge in [-0.1, -0.05) is 11.6 Å². The molecule has 0 atom stereocenters. The Morgan fingerprint density at radius 1 is 0.920 bits per heavy atom. The zero-order valence-corrected chi connectivity index (χ0v) is 14.6. The predicted octanol–water partition coefficient (Wildman–Crippen LogP) is 4.01. The molecular formula is C20H19NO4. The third-order valence-electron chi connectivity index (χ3n) is 4.05. The molecule has 0 unspecified atom stereocenters. The van der Waals surface area contributed by atoms with Gasteiger partial charge in [-0.2, -0.15) is 0 Å². The number of hydrogen-bond donors (Lipinski definition) is 0. The summed E-state index contributed by atoms with van der Waals surface area (Å²) in [6.07, 6.45) is 0. The fourth-order valence-electron chi connectivity index (χ4n) is 2.76. The zero-order chi connectivity index (χ0) is 18.0. The summed E-state index contributed by atoms with van der Waals surface area (Å²) in [5, 5.41) is 0.774. The molecule has 5 heteroatoms. The molecule has 128 valence electrons. The molecule has 0 N–H and O–H groups in total. The Kier molecular flexibility index (Phi) is 4.57. The SMILES string of the molecule is COC(=O)c1cc(-c2ccc(OC)c(OC)c2)nc2ccc(C)cc12. The number of nitrogens with zero attached hydrogens (tertiary/aromatic N) is 1.